The number of benzene rings is 2. The summed E-state index contributed by atoms with van der Waals surface area (Å²) in [5.74, 6) is -0.987. The van der Waals surface area contributed by atoms with Crippen molar-refractivity contribution in [3.05, 3.63) is 70.5 Å². The smallest absolute Gasteiger partial charge is 0.262 e. The van der Waals surface area contributed by atoms with Gasteiger partial charge in [0.2, 0.25) is 5.91 Å². The van der Waals surface area contributed by atoms with Gasteiger partial charge >= 0.3 is 0 Å². The number of hydrazone groups is 1. The lowest BCUT2D eigenvalue weighted by Crippen LogP contribution is -2.41. The van der Waals surface area contributed by atoms with Crippen molar-refractivity contribution in [2.75, 3.05) is 26.8 Å². The Bertz CT molecular complexity index is 949. The molecule has 2 amide bonds. The molecule has 0 radical (unpaired) electrons. The molecule has 6 nitrogen and oxygen atoms in total. The molecule has 0 fully saturated rings. The van der Waals surface area contributed by atoms with Crippen molar-refractivity contribution in [1.29, 1.82) is 0 Å². The number of carbonyl (C=O) groups is 2. The van der Waals surface area contributed by atoms with Crippen molar-refractivity contribution in [3.63, 3.8) is 0 Å². The third kappa shape index (κ3) is 5.04. The first-order chi connectivity index (χ1) is 14.4. The van der Waals surface area contributed by atoms with Gasteiger partial charge in [0.15, 0.2) is 0 Å². The Hall–Kier alpha value is -2.77. The Kier molecular flexibility index (Phi) is 7.18. The highest BCUT2D eigenvalue weighted by atomic mass is 35.5. The molecular formula is C22H23ClFN3O3. The molecule has 30 heavy (non-hydrogen) atoms. The zero-order valence-corrected chi connectivity index (χ0v) is 17.6. The van der Waals surface area contributed by atoms with Crippen LogP contribution in [-0.4, -0.2) is 54.2 Å². The van der Waals surface area contributed by atoms with E-state index < -0.39 is 11.9 Å². The fraction of sp³-hybridized carbons (Fsp3) is 0.318. The average Bonchev–Trinajstić information content (AvgIpc) is 3.17. The molecule has 1 aliphatic heterocycles. The maximum Gasteiger partial charge on any atom is 0.262 e. The molecule has 0 aliphatic carbocycles. The lowest BCUT2D eigenvalue weighted by atomic mass is 9.98. The Morgan fingerprint density at radius 3 is 2.57 bits per heavy atom. The Labute approximate surface area is 179 Å². The van der Waals surface area contributed by atoms with Gasteiger partial charge in [-0.05, 0) is 23.8 Å². The summed E-state index contributed by atoms with van der Waals surface area (Å²) in [7, 11) is 1.53. The highest BCUT2D eigenvalue weighted by Crippen LogP contribution is 2.34. The van der Waals surface area contributed by atoms with Crippen LogP contribution in [0.4, 0.5) is 4.39 Å². The van der Waals surface area contributed by atoms with Gasteiger partial charge in [-0.25, -0.2) is 9.40 Å². The first-order valence-electron chi connectivity index (χ1n) is 9.55. The molecular weight excluding hydrogens is 409 g/mol. The van der Waals surface area contributed by atoms with Gasteiger partial charge in [-0.3, -0.25) is 9.59 Å². The van der Waals surface area contributed by atoms with Crippen molar-refractivity contribution >= 4 is 29.1 Å². The first-order valence-corrected chi connectivity index (χ1v) is 9.93. The van der Waals surface area contributed by atoms with Crippen LogP contribution in [0.2, 0.25) is 5.02 Å². The Morgan fingerprint density at radius 2 is 1.93 bits per heavy atom. The van der Waals surface area contributed by atoms with E-state index in [0.29, 0.717) is 35.9 Å². The summed E-state index contributed by atoms with van der Waals surface area (Å²) in [5.41, 5.74) is 1.66. The Balaban J connectivity index is 1.91. The van der Waals surface area contributed by atoms with Crippen LogP contribution in [-0.2, 0) is 14.3 Å². The number of halogens is 2. The van der Waals surface area contributed by atoms with Crippen molar-refractivity contribution < 1.29 is 18.7 Å². The van der Waals surface area contributed by atoms with Crippen LogP contribution < -0.4 is 0 Å². The zero-order valence-electron chi connectivity index (χ0n) is 16.8. The van der Waals surface area contributed by atoms with Gasteiger partial charge in [0, 0.05) is 37.6 Å². The van der Waals surface area contributed by atoms with E-state index in [1.165, 1.54) is 30.0 Å². The quantitative estimate of drug-likeness (QED) is 0.672. The van der Waals surface area contributed by atoms with Gasteiger partial charge in [0.25, 0.3) is 5.91 Å². The van der Waals surface area contributed by atoms with Crippen LogP contribution in [0.5, 0.6) is 0 Å². The lowest BCUT2D eigenvalue weighted by molar-refractivity contribution is -0.141. The van der Waals surface area contributed by atoms with E-state index in [0.717, 1.165) is 5.56 Å². The molecule has 1 heterocycles. The van der Waals surface area contributed by atoms with Crippen LogP contribution in [0.1, 0.15) is 30.5 Å². The number of carbonyl (C=O) groups excluding carboxylic acids is 2. The predicted molar refractivity (Wildman–Crippen MR) is 113 cm³/mol. The van der Waals surface area contributed by atoms with E-state index in [2.05, 4.69) is 5.10 Å². The third-order valence-corrected chi connectivity index (χ3v) is 5.19. The summed E-state index contributed by atoms with van der Waals surface area (Å²) >= 11 is 6.00. The molecule has 1 atom stereocenters. The van der Waals surface area contributed by atoms with Crippen LogP contribution in [0.15, 0.2) is 53.6 Å². The van der Waals surface area contributed by atoms with E-state index in [4.69, 9.17) is 16.3 Å². The van der Waals surface area contributed by atoms with E-state index >= 15 is 0 Å². The second-order valence-corrected chi connectivity index (χ2v) is 7.41. The number of rotatable bonds is 7. The molecule has 0 bridgehead atoms. The summed E-state index contributed by atoms with van der Waals surface area (Å²) in [4.78, 5) is 26.4. The molecule has 0 saturated carbocycles. The SMILES string of the molecule is COCCN(CC(=O)N1N=C(c2ccccc2F)CC1c1ccc(Cl)cc1)C(C)=O. The number of nitrogens with zero attached hydrogens (tertiary/aromatic N) is 3. The van der Waals surface area contributed by atoms with Crippen molar-refractivity contribution in [2.24, 2.45) is 5.10 Å². The number of amides is 2. The van der Waals surface area contributed by atoms with Crippen molar-refractivity contribution in [2.45, 2.75) is 19.4 Å². The molecule has 1 aliphatic rings. The molecule has 0 N–H and O–H groups in total. The van der Waals surface area contributed by atoms with E-state index in [-0.39, 0.29) is 18.4 Å². The van der Waals surface area contributed by atoms with Gasteiger partial charge in [0.05, 0.1) is 18.4 Å². The molecule has 158 valence electrons. The molecule has 3 rings (SSSR count). The van der Waals surface area contributed by atoms with Crippen LogP contribution in [0, 0.1) is 5.82 Å². The second-order valence-electron chi connectivity index (χ2n) is 6.97. The average molecular weight is 432 g/mol. The number of methoxy groups -OCH3 is 1. The van der Waals surface area contributed by atoms with Crippen LogP contribution in [0.3, 0.4) is 0 Å². The normalized spacial score (nSPS) is 15.8. The molecule has 8 heteroatoms. The minimum Gasteiger partial charge on any atom is -0.383 e. The zero-order chi connectivity index (χ0) is 21.7. The highest BCUT2D eigenvalue weighted by Gasteiger charge is 2.34. The summed E-state index contributed by atoms with van der Waals surface area (Å²) < 4.78 is 19.4. The molecule has 2 aromatic rings. The van der Waals surface area contributed by atoms with E-state index in [1.54, 1.807) is 30.3 Å². The van der Waals surface area contributed by atoms with Gasteiger partial charge < -0.3 is 9.64 Å². The summed E-state index contributed by atoms with van der Waals surface area (Å²) in [6, 6.07) is 13.0. The van der Waals surface area contributed by atoms with Gasteiger partial charge in [-0.2, -0.15) is 5.10 Å². The Morgan fingerprint density at radius 1 is 1.23 bits per heavy atom. The predicted octanol–water partition coefficient (Wildman–Crippen LogP) is 3.65. The first kappa shape index (κ1) is 21.9. The number of ether oxygens (including phenoxy) is 1. The largest absolute Gasteiger partial charge is 0.383 e. The molecule has 0 spiro atoms. The molecule has 2 aromatic carbocycles. The lowest BCUT2D eigenvalue weighted by Gasteiger charge is -2.26. The van der Waals surface area contributed by atoms with Gasteiger partial charge in [-0.1, -0.05) is 41.9 Å². The van der Waals surface area contributed by atoms with Gasteiger partial charge in [0.1, 0.15) is 12.4 Å². The fourth-order valence-corrected chi connectivity index (χ4v) is 3.45. The van der Waals surface area contributed by atoms with Crippen LogP contribution >= 0.6 is 11.6 Å². The van der Waals surface area contributed by atoms with Crippen LogP contribution in [0.25, 0.3) is 0 Å². The number of hydrogen-bond donors (Lipinski definition) is 0. The van der Waals surface area contributed by atoms with E-state index in [9.17, 15) is 14.0 Å². The van der Waals surface area contributed by atoms with Crippen molar-refractivity contribution in [3.8, 4) is 0 Å². The maximum absolute atomic E-state index is 14.3. The fourth-order valence-electron chi connectivity index (χ4n) is 3.33. The monoisotopic (exact) mass is 431 g/mol. The minimum atomic E-state index is -0.416. The molecule has 0 aromatic heterocycles. The second kappa shape index (κ2) is 9.82. The molecule has 0 saturated heterocycles. The summed E-state index contributed by atoms with van der Waals surface area (Å²) in [5, 5.41) is 6.37. The summed E-state index contributed by atoms with van der Waals surface area (Å²) in [6.07, 6.45) is 0.354. The third-order valence-electron chi connectivity index (χ3n) is 4.94. The van der Waals surface area contributed by atoms with E-state index in [1.807, 2.05) is 12.1 Å². The highest BCUT2D eigenvalue weighted by molar-refractivity contribution is 6.30. The maximum atomic E-state index is 14.3. The molecule has 1 unspecified atom stereocenters. The minimum absolute atomic E-state index is 0.142. The van der Waals surface area contributed by atoms with Gasteiger partial charge in [-0.15, -0.1) is 0 Å². The summed E-state index contributed by atoms with van der Waals surface area (Å²) in [6.45, 7) is 1.87. The topological polar surface area (TPSA) is 62.2 Å². The standard InChI is InChI=1S/C22H23ClFN3O3/c1-15(28)26(11-12-30-2)14-22(29)27-21(16-7-9-17(23)10-8-16)13-20(25-27)18-5-3-4-6-19(18)24/h3-10,21H,11-14H2,1-2H3. The number of hydrogen-bond acceptors (Lipinski definition) is 4. The van der Waals surface area contributed by atoms with Crippen molar-refractivity contribution in [1.82, 2.24) is 9.91 Å².